The van der Waals surface area contributed by atoms with Gasteiger partial charge in [0.1, 0.15) is 17.2 Å². The Morgan fingerprint density at radius 1 is 0.424 bits per heavy atom. The van der Waals surface area contributed by atoms with E-state index in [1.807, 2.05) is 91.0 Å². The zero-order valence-corrected chi connectivity index (χ0v) is 31.4. The van der Waals surface area contributed by atoms with E-state index in [4.69, 9.17) is 19.4 Å². The highest BCUT2D eigenvalue weighted by Gasteiger charge is 2.23. The second-order valence-electron chi connectivity index (χ2n) is 14.7. The quantitative estimate of drug-likeness (QED) is 0.175. The van der Waals surface area contributed by atoms with Crippen molar-refractivity contribution in [3.8, 4) is 51.6 Å². The molecule has 12 rings (SSSR count). The molecule has 7 nitrogen and oxygen atoms in total. The molecule has 0 aliphatic heterocycles. The third-order valence-electron chi connectivity index (χ3n) is 11.4. The molecule has 0 aliphatic carbocycles. The highest BCUT2D eigenvalue weighted by Crippen LogP contribution is 2.43. The number of para-hydroxylation sites is 3. The molecule has 0 saturated carbocycles. The van der Waals surface area contributed by atoms with E-state index < -0.39 is 0 Å². The molecule has 0 amide bonds. The Balaban J connectivity index is 1.06. The van der Waals surface area contributed by atoms with Crippen molar-refractivity contribution in [2.75, 3.05) is 0 Å². The molecule has 274 valence electrons. The van der Waals surface area contributed by atoms with Crippen molar-refractivity contribution in [1.82, 2.24) is 24.1 Å². The molecule has 7 heteroatoms. The lowest BCUT2D eigenvalue weighted by atomic mass is 10.1. The molecule has 0 spiro atoms. The van der Waals surface area contributed by atoms with Crippen molar-refractivity contribution in [2.45, 2.75) is 0 Å². The third kappa shape index (κ3) is 5.04. The number of fused-ring (bicyclic) bond motifs is 10. The molecule has 4 aromatic heterocycles. The second-order valence-corrected chi connectivity index (χ2v) is 14.7. The molecular weight excluding hydrogens is 725 g/mol. The van der Waals surface area contributed by atoms with Crippen molar-refractivity contribution in [3.63, 3.8) is 0 Å². The van der Waals surface area contributed by atoms with Gasteiger partial charge in [-0.3, -0.25) is 0 Å². The number of rotatable bonds is 5. The number of aromatic nitrogens is 5. The van der Waals surface area contributed by atoms with Gasteiger partial charge in [0.2, 0.25) is 0 Å². The number of hydrogen-bond donors (Lipinski definition) is 0. The highest BCUT2D eigenvalue weighted by atomic mass is 16.3. The molecule has 0 atom stereocenters. The minimum atomic E-state index is 0.493. The molecule has 0 fully saturated rings. The third-order valence-corrected chi connectivity index (χ3v) is 11.4. The monoisotopic (exact) mass is 754 g/mol. The van der Waals surface area contributed by atoms with Gasteiger partial charge in [0.05, 0.1) is 38.7 Å². The first-order valence-electron chi connectivity index (χ1n) is 19.5. The number of nitriles is 1. The molecule has 0 saturated heterocycles. The Bertz CT molecular complexity index is 3610. The largest absolute Gasteiger partial charge is 0.455 e. The first kappa shape index (κ1) is 32.9. The molecular formula is C52H30N6O. The van der Waals surface area contributed by atoms with Crippen LogP contribution in [0.25, 0.3) is 111 Å². The molecule has 0 radical (unpaired) electrons. The Morgan fingerprint density at radius 3 is 1.69 bits per heavy atom. The summed E-state index contributed by atoms with van der Waals surface area (Å²) in [6.45, 7) is 0. The fraction of sp³-hybridized carbons (Fsp3) is 0. The number of nitrogens with zero attached hydrogens (tertiary/aromatic N) is 6. The minimum absolute atomic E-state index is 0.493. The van der Waals surface area contributed by atoms with Gasteiger partial charge in [-0.1, -0.05) is 115 Å². The molecule has 8 aromatic carbocycles. The van der Waals surface area contributed by atoms with Gasteiger partial charge in [-0.2, -0.15) is 5.26 Å². The standard InChI is InChI=1S/C52H30N6O/c53-31-35-28-34(52-55-50(32-14-4-1-5-15-32)54-51(56-52)33-16-6-2-7-17-33)24-26-42(35)58-44-23-13-11-21-39(44)48-45(58)27-25-38-41-29-46-40(30-47(41)59-49(38)48)37-20-10-12-22-43(37)57(46)36-18-8-3-9-19-36/h1-30H. The van der Waals surface area contributed by atoms with E-state index in [1.165, 1.54) is 5.39 Å². The molecule has 0 unspecified atom stereocenters. The van der Waals surface area contributed by atoms with Crippen LogP contribution in [0.4, 0.5) is 0 Å². The average Bonchev–Trinajstić information content (AvgIpc) is 3.96. The Hall–Kier alpha value is -8.34. The summed E-state index contributed by atoms with van der Waals surface area (Å²) in [5.74, 6) is 1.63. The second kappa shape index (κ2) is 12.8. The van der Waals surface area contributed by atoms with E-state index >= 15 is 0 Å². The lowest BCUT2D eigenvalue weighted by Gasteiger charge is -2.12. The van der Waals surface area contributed by atoms with Gasteiger partial charge in [-0.25, -0.2) is 15.0 Å². The summed E-state index contributed by atoms with van der Waals surface area (Å²) in [5.41, 5.74) is 10.7. The van der Waals surface area contributed by atoms with Crippen LogP contribution in [-0.4, -0.2) is 24.1 Å². The number of benzene rings is 8. The zero-order chi connectivity index (χ0) is 39.0. The first-order chi connectivity index (χ1) is 29.2. The predicted octanol–water partition coefficient (Wildman–Crippen LogP) is 12.8. The van der Waals surface area contributed by atoms with Gasteiger partial charge in [-0.15, -0.1) is 0 Å². The van der Waals surface area contributed by atoms with Crippen LogP contribution >= 0.6 is 0 Å². The van der Waals surface area contributed by atoms with E-state index in [0.717, 1.165) is 88.2 Å². The Morgan fingerprint density at radius 2 is 1.02 bits per heavy atom. The molecule has 59 heavy (non-hydrogen) atoms. The van der Waals surface area contributed by atoms with Crippen molar-refractivity contribution >= 4 is 65.6 Å². The summed E-state index contributed by atoms with van der Waals surface area (Å²) in [6.07, 6.45) is 0. The first-order valence-corrected chi connectivity index (χ1v) is 19.5. The van der Waals surface area contributed by atoms with Crippen molar-refractivity contribution in [3.05, 3.63) is 188 Å². The van der Waals surface area contributed by atoms with Crippen molar-refractivity contribution < 1.29 is 4.42 Å². The minimum Gasteiger partial charge on any atom is -0.455 e. The lowest BCUT2D eigenvalue weighted by Crippen LogP contribution is -2.02. The maximum atomic E-state index is 10.8. The topological polar surface area (TPSA) is 85.5 Å². The van der Waals surface area contributed by atoms with Crippen molar-refractivity contribution in [2.24, 2.45) is 0 Å². The maximum absolute atomic E-state index is 10.8. The van der Waals surface area contributed by atoms with E-state index in [2.05, 4.69) is 106 Å². The van der Waals surface area contributed by atoms with E-state index in [1.54, 1.807) is 0 Å². The number of furan rings is 1. The Kier molecular flexibility index (Phi) is 7.16. The van der Waals surface area contributed by atoms with Gasteiger partial charge in [-0.05, 0) is 66.7 Å². The van der Waals surface area contributed by atoms with Crippen LogP contribution in [0.15, 0.2) is 186 Å². The smallest absolute Gasteiger partial charge is 0.164 e. The van der Waals surface area contributed by atoms with E-state index in [-0.39, 0.29) is 0 Å². The lowest BCUT2D eigenvalue weighted by molar-refractivity contribution is 0.673. The average molecular weight is 755 g/mol. The van der Waals surface area contributed by atoms with Crippen LogP contribution < -0.4 is 0 Å². The van der Waals surface area contributed by atoms with Gasteiger partial charge >= 0.3 is 0 Å². The summed E-state index contributed by atoms with van der Waals surface area (Å²) < 4.78 is 11.4. The van der Waals surface area contributed by atoms with Crippen LogP contribution in [0.1, 0.15) is 5.56 Å². The maximum Gasteiger partial charge on any atom is 0.164 e. The van der Waals surface area contributed by atoms with Crippen molar-refractivity contribution in [1.29, 1.82) is 5.26 Å². The van der Waals surface area contributed by atoms with Crippen LogP contribution in [0.3, 0.4) is 0 Å². The van der Waals surface area contributed by atoms with Gasteiger partial charge < -0.3 is 13.6 Å². The van der Waals surface area contributed by atoms with Gasteiger partial charge in [0, 0.05) is 49.3 Å². The fourth-order valence-corrected chi connectivity index (χ4v) is 8.76. The zero-order valence-electron chi connectivity index (χ0n) is 31.4. The van der Waals surface area contributed by atoms with E-state index in [0.29, 0.717) is 23.0 Å². The highest BCUT2D eigenvalue weighted by molar-refractivity contribution is 6.25. The summed E-state index contributed by atoms with van der Waals surface area (Å²) in [6, 6.07) is 64.3. The fourth-order valence-electron chi connectivity index (χ4n) is 8.76. The predicted molar refractivity (Wildman–Crippen MR) is 237 cm³/mol. The Labute approximate surface area is 337 Å². The van der Waals surface area contributed by atoms with Gasteiger partial charge in [0.25, 0.3) is 0 Å². The molecule has 4 heterocycles. The van der Waals surface area contributed by atoms with E-state index in [9.17, 15) is 5.26 Å². The van der Waals surface area contributed by atoms with Crippen LogP contribution in [0, 0.1) is 11.3 Å². The molecule has 0 N–H and O–H groups in total. The summed E-state index contributed by atoms with van der Waals surface area (Å²) in [7, 11) is 0. The molecule has 0 bridgehead atoms. The van der Waals surface area contributed by atoms with Crippen LogP contribution in [0.2, 0.25) is 0 Å². The summed E-state index contributed by atoms with van der Waals surface area (Å²) >= 11 is 0. The van der Waals surface area contributed by atoms with Crippen LogP contribution in [-0.2, 0) is 0 Å². The normalized spacial score (nSPS) is 11.7. The summed E-state index contributed by atoms with van der Waals surface area (Å²) in [5, 5.41) is 17.2. The van der Waals surface area contributed by atoms with Gasteiger partial charge in [0.15, 0.2) is 17.5 Å². The molecule has 12 aromatic rings. The SMILES string of the molecule is N#Cc1cc(-c2nc(-c3ccccc3)nc(-c3ccccc3)n2)ccc1-n1c2ccccc2c2c3oc4cc5c6ccccc6n(-c6ccccc6)c5cc4c3ccc21. The van der Waals surface area contributed by atoms with Crippen LogP contribution in [0.5, 0.6) is 0 Å². The molecule has 0 aliphatic rings. The number of hydrogen-bond acceptors (Lipinski definition) is 5. The summed E-state index contributed by atoms with van der Waals surface area (Å²) in [4.78, 5) is 14.7.